The zero-order valence-electron chi connectivity index (χ0n) is 7.97. The van der Waals surface area contributed by atoms with Gasteiger partial charge in [-0.2, -0.15) is 0 Å². The molecule has 0 fully saturated rings. The maximum Gasteiger partial charge on any atom is 0.0427 e. The Balaban J connectivity index is 2.31. The van der Waals surface area contributed by atoms with Gasteiger partial charge in [-0.25, -0.2) is 0 Å². The van der Waals surface area contributed by atoms with Gasteiger partial charge in [0.05, 0.1) is 0 Å². The SMILES string of the molecule is [c]1ccc2ccsc2c1-c1cccnc1. The van der Waals surface area contributed by atoms with E-state index in [1.807, 2.05) is 18.3 Å². The summed E-state index contributed by atoms with van der Waals surface area (Å²) < 4.78 is 1.28. The molecule has 71 valence electrons. The molecule has 1 radical (unpaired) electrons. The van der Waals surface area contributed by atoms with Crippen LogP contribution in [0.3, 0.4) is 0 Å². The van der Waals surface area contributed by atoms with Gasteiger partial charge in [-0.15, -0.1) is 11.3 Å². The van der Waals surface area contributed by atoms with Crippen molar-refractivity contribution in [3.05, 3.63) is 54.2 Å². The summed E-state index contributed by atoms with van der Waals surface area (Å²) in [5.74, 6) is 0. The summed E-state index contributed by atoms with van der Waals surface area (Å²) in [4.78, 5) is 4.14. The van der Waals surface area contributed by atoms with Crippen LogP contribution in [0.25, 0.3) is 21.2 Å². The minimum Gasteiger partial charge on any atom is -0.264 e. The monoisotopic (exact) mass is 210 g/mol. The van der Waals surface area contributed by atoms with Gasteiger partial charge in [-0.05, 0) is 29.0 Å². The molecule has 1 nitrogen and oxygen atoms in total. The smallest absolute Gasteiger partial charge is 0.0427 e. The number of fused-ring (bicyclic) bond motifs is 1. The molecule has 0 aliphatic heterocycles. The summed E-state index contributed by atoms with van der Waals surface area (Å²) in [6.07, 6.45) is 3.67. The van der Waals surface area contributed by atoms with Crippen molar-refractivity contribution in [2.45, 2.75) is 0 Å². The first-order valence-corrected chi connectivity index (χ1v) is 5.61. The van der Waals surface area contributed by atoms with Crippen LogP contribution in [-0.2, 0) is 0 Å². The number of benzene rings is 1. The fourth-order valence-corrected chi connectivity index (χ4v) is 2.58. The molecule has 2 heteroatoms. The minimum atomic E-state index is 1.13. The molecular weight excluding hydrogens is 202 g/mol. The first kappa shape index (κ1) is 8.62. The van der Waals surface area contributed by atoms with Crippen LogP contribution >= 0.6 is 11.3 Å². The fourth-order valence-electron chi connectivity index (χ4n) is 1.66. The Labute approximate surface area is 92.0 Å². The zero-order chi connectivity index (χ0) is 10.1. The Bertz CT molecular complexity index is 584. The Morgan fingerprint density at radius 1 is 1.20 bits per heavy atom. The van der Waals surface area contributed by atoms with Gasteiger partial charge in [0.25, 0.3) is 0 Å². The topological polar surface area (TPSA) is 12.9 Å². The Kier molecular flexibility index (Phi) is 2.00. The van der Waals surface area contributed by atoms with Gasteiger partial charge in [0, 0.05) is 28.2 Å². The molecular formula is C13H8NS. The fraction of sp³-hybridized carbons (Fsp3) is 0. The van der Waals surface area contributed by atoms with Crippen molar-refractivity contribution in [1.29, 1.82) is 0 Å². The first-order chi connectivity index (χ1) is 7.45. The predicted octanol–water partition coefficient (Wildman–Crippen LogP) is 3.76. The average molecular weight is 210 g/mol. The van der Waals surface area contributed by atoms with E-state index in [9.17, 15) is 0 Å². The van der Waals surface area contributed by atoms with Gasteiger partial charge in [0.2, 0.25) is 0 Å². The molecule has 0 saturated carbocycles. The molecule has 3 rings (SSSR count). The highest BCUT2D eigenvalue weighted by atomic mass is 32.1. The second-order valence-corrected chi connectivity index (χ2v) is 4.22. The molecule has 0 unspecified atom stereocenters. The Morgan fingerprint density at radius 3 is 3.07 bits per heavy atom. The van der Waals surface area contributed by atoms with E-state index in [-0.39, 0.29) is 0 Å². The molecule has 1 aromatic carbocycles. The second kappa shape index (κ2) is 3.48. The lowest BCUT2D eigenvalue weighted by molar-refractivity contribution is 1.33. The summed E-state index contributed by atoms with van der Waals surface area (Å²) in [6, 6.07) is 13.5. The van der Waals surface area contributed by atoms with Crippen LogP contribution in [0.5, 0.6) is 0 Å². The number of aromatic nitrogens is 1. The van der Waals surface area contributed by atoms with E-state index in [0.29, 0.717) is 0 Å². The number of nitrogens with zero attached hydrogens (tertiary/aromatic N) is 1. The predicted molar refractivity (Wildman–Crippen MR) is 63.9 cm³/mol. The third-order valence-corrected chi connectivity index (χ3v) is 3.31. The highest BCUT2D eigenvalue weighted by Gasteiger charge is 2.04. The third-order valence-electron chi connectivity index (χ3n) is 2.36. The van der Waals surface area contributed by atoms with Gasteiger partial charge in [0.15, 0.2) is 0 Å². The van der Waals surface area contributed by atoms with Crippen LogP contribution in [0.4, 0.5) is 0 Å². The van der Waals surface area contributed by atoms with Crippen LogP contribution < -0.4 is 0 Å². The van der Waals surface area contributed by atoms with E-state index in [1.54, 1.807) is 17.5 Å². The highest BCUT2D eigenvalue weighted by molar-refractivity contribution is 7.17. The minimum absolute atomic E-state index is 1.13. The number of hydrogen-bond donors (Lipinski definition) is 0. The molecule has 0 bridgehead atoms. The molecule has 0 N–H and O–H groups in total. The van der Waals surface area contributed by atoms with Gasteiger partial charge in [0.1, 0.15) is 0 Å². The van der Waals surface area contributed by atoms with Crippen LogP contribution in [0.15, 0.2) is 48.1 Å². The Hall–Kier alpha value is -1.67. The Morgan fingerprint density at radius 2 is 2.20 bits per heavy atom. The maximum absolute atomic E-state index is 4.14. The second-order valence-electron chi connectivity index (χ2n) is 3.30. The molecule has 0 amide bonds. The summed E-state index contributed by atoms with van der Waals surface area (Å²) in [7, 11) is 0. The van der Waals surface area contributed by atoms with Crippen molar-refractivity contribution >= 4 is 21.4 Å². The van der Waals surface area contributed by atoms with E-state index in [2.05, 4.69) is 34.6 Å². The van der Waals surface area contributed by atoms with Crippen LogP contribution in [0.2, 0.25) is 0 Å². The number of hydrogen-bond acceptors (Lipinski definition) is 2. The lowest BCUT2D eigenvalue weighted by Gasteiger charge is -2.01. The van der Waals surface area contributed by atoms with E-state index < -0.39 is 0 Å². The van der Waals surface area contributed by atoms with Crippen LogP contribution in [-0.4, -0.2) is 4.98 Å². The molecule has 0 spiro atoms. The van der Waals surface area contributed by atoms with Crippen LogP contribution in [0, 0.1) is 6.07 Å². The third kappa shape index (κ3) is 1.43. The first-order valence-electron chi connectivity index (χ1n) is 4.73. The molecule has 15 heavy (non-hydrogen) atoms. The number of thiophene rings is 1. The molecule has 0 atom stereocenters. The summed E-state index contributed by atoms with van der Waals surface area (Å²) in [6.45, 7) is 0. The van der Waals surface area contributed by atoms with Crippen LogP contribution in [0.1, 0.15) is 0 Å². The van der Waals surface area contributed by atoms with Crippen molar-refractivity contribution < 1.29 is 0 Å². The van der Waals surface area contributed by atoms with Crippen molar-refractivity contribution in [1.82, 2.24) is 4.98 Å². The average Bonchev–Trinajstić information content (AvgIpc) is 2.78. The highest BCUT2D eigenvalue weighted by Crippen LogP contribution is 2.31. The summed E-state index contributed by atoms with van der Waals surface area (Å²) >= 11 is 1.75. The van der Waals surface area contributed by atoms with E-state index in [4.69, 9.17) is 0 Å². The lowest BCUT2D eigenvalue weighted by Crippen LogP contribution is -1.79. The van der Waals surface area contributed by atoms with Gasteiger partial charge < -0.3 is 0 Å². The van der Waals surface area contributed by atoms with E-state index in [0.717, 1.165) is 11.1 Å². The molecule has 2 aromatic heterocycles. The number of pyridine rings is 1. The zero-order valence-corrected chi connectivity index (χ0v) is 8.79. The molecule has 0 aliphatic rings. The van der Waals surface area contributed by atoms with E-state index in [1.165, 1.54) is 10.1 Å². The standard InChI is InChI=1S/C13H8NS/c1-3-10-6-8-15-13(10)12(5-1)11-4-2-7-14-9-11/h1-4,6-9H. The normalized spacial score (nSPS) is 10.7. The van der Waals surface area contributed by atoms with Crippen molar-refractivity contribution in [3.63, 3.8) is 0 Å². The van der Waals surface area contributed by atoms with Gasteiger partial charge >= 0.3 is 0 Å². The summed E-state index contributed by atoms with van der Waals surface area (Å²) in [5.41, 5.74) is 2.28. The molecule has 2 heterocycles. The molecule has 0 saturated heterocycles. The van der Waals surface area contributed by atoms with Gasteiger partial charge in [-0.1, -0.05) is 18.2 Å². The lowest BCUT2D eigenvalue weighted by atomic mass is 10.1. The molecule has 0 aliphatic carbocycles. The summed E-state index contributed by atoms with van der Waals surface area (Å²) in [5, 5.41) is 3.39. The van der Waals surface area contributed by atoms with Gasteiger partial charge in [-0.3, -0.25) is 4.98 Å². The van der Waals surface area contributed by atoms with Crippen molar-refractivity contribution in [3.8, 4) is 11.1 Å². The molecule has 3 aromatic rings. The quantitative estimate of drug-likeness (QED) is 0.596. The largest absolute Gasteiger partial charge is 0.264 e. The number of rotatable bonds is 1. The van der Waals surface area contributed by atoms with E-state index >= 15 is 0 Å². The maximum atomic E-state index is 4.14. The van der Waals surface area contributed by atoms with Crippen molar-refractivity contribution in [2.75, 3.05) is 0 Å². The van der Waals surface area contributed by atoms with Crippen molar-refractivity contribution in [2.24, 2.45) is 0 Å².